The van der Waals surface area contributed by atoms with Crippen LogP contribution in [0.2, 0.25) is 0 Å². The molecular formula is C17H41O+3. The minimum Gasteiger partial charge on any atom is -0.300 e. The van der Waals surface area contributed by atoms with Gasteiger partial charge in [0.05, 0.1) is 26.7 Å². The molecule has 0 amide bonds. The van der Waals surface area contributed by atoms with Crippen LogP contribution in [0, 0.1) is 16.7 Å². The molecule has 0 unspecified atom stereocenters. The highest BCUT2D eigenvalue weighted by molar-refractivity contribution is 5.72. The van der Waals surface area contributed by atoms with Crippen molar-refractivity contribution in [3.8, 4) is 0 Å². The van der Waals surface area contributed by atoms with Crippen molar-refractivity contribution in [3.05, 3.63) is 5.92 Å². The molecule has 0 aromatic rings. The van der Waals surface area contributed by atoms with Crippen LogP contribution in [-0.4, -0.2) is 5.78 Å². The van der Waals surface area contributed by atoms with Gasteiger partial charge in [-0.1, -0.05) is 55.4 Å². The molecule has 0 fully saturated rings. The SMILES string of the molecule is CC(C)(C)C.CC(C)(C)C.CC(C)=O.C[C+](C)C.[H+].[H+]. The van der Waals surface area contributed by atoms with Crippen LogP contribution >= 0.6 is 0 Å². The van der Waals surface area contributed by atoms with Gasteiger partial charge in [0.1, 0.15) is 5.78 Å². The van der Waals surface area contributed by atoms with Crippen molar-refractivity contribution in [3.63, 3.8) is 0 Å². The normalized spacial score (nSPS) is 9.61. The summed E-state index contributed by atoms with van der Waals surface area (Å²) in [5.41, 5.74) is 1.00. The predicted octanol–water partition coefficient (Wildman–Crippen LogP) is 6.55. The Morgan fingerprint density at radius 2 is 0.722 bits per heavy atom. The van der Waals surface area contributed by atoms with E-state index in [1.165, 1.54) is 19.8 Å². The fraction of sp³-hybridized carbons (Fsp3) is 0.882. The summed E-state index contributed by atoms with van der Waals surface area (Å²) in [6.45, 7) is 26.8. The standard InChI is InChI=1S/2C5H12.C4H9.C3H6O/c2*1-5(2,3)4;1-4(2)3;1-3(2)4/h2*1-4H3;1-3H3;1-2H3/q;;+1;/p+2. The smallest absolute Gasteiger partial charge is 0.300 e. The van der Waals surface area contributed by atoms with Gasteiger partial charge in [-0.25, -0.2) is 0 Å². The zero-order chi connectivity index (χ0) is 16.2. The molecule has 0 aliphatic rings. The number of rotatable bonds is 0. The van der Waals surface area contributed by atoms with Gasteiger partial charge in [0, 0.05) is 0 Å². The van der Waals surface area contributed by atoms with E-state index in [0.717, 1.165) is 0 Å². The molecule has 18 heavy (non-hydrogen) atoms. The van der Waals surface area contributed by atoms with Gasteiger partial charge in [-0.15, -0.1) is 0 Å². The molecule has 0 aromatic carbocycles. The van der Waals surface area contributed by atoms with Gasteiger partial charge in [0.25, 0.3) is 0 Å². The average molecular weight is 262 g/mol. The zero-order valence-corrected chi connectivity index (χ0v) is 15.4. The Morgan fingerprint density at radius 3 is 0.722 bits per heavy atom. The number of ketones is 1. The van der Waals surface area contributed by atoms with Crippen molar-refractivity contribution in [2.24, 2.45) is 10.8 Å². The Labute approximate surface area is 121 Å². The third-order valence-corrected chi connectivity index (χ3v) is 0. The van der Waals surface area contributed by atoms with E-state index in [1.54, 1.807) is 0 Å². The topological polar surface area (TPSA) is 17.1 Å². The Kier molecular flexibility index (Phi) is 18.9. The summed E-state index contributed by atoms with van der Waals surface area (Å²) in [4.78, 5) is 9.44. The van der Waals surface area contributed by atoms with Gasteiger partial charge in [0.2, 0.25) is 0 Å². The maximum absolute atomic E-state index is 9.44. The molecule has 0 spiro atoms. The highest BCUT2D eigenvalue weighted by Crippen LogP contribution is 2.08. The third-order valence-electron chi connectivity index (χ3n) is 0. The summed E-state index contributed by atoms with van der Waals surface area (Å²) in [6.07, 6.45) is 0. The predicted molar refractivity (Wildman–Crippen MR) is 89.1 cm³/mol. The van der Waals surface area contributed by atoms with Crippen molar-refractivity contribution in [1.82, 2.24) is 0 Å². The van der Waals surface area contributed by atoms with E-state index >= 15 is 0 Å². The van der Waals surface area contributed by atoms with Gasteiger partial charge in [-0.05, 0) is 24.7 Å². The number of hydrogen-bond donors (Lipinski definition) is 0. The maximum atomic E-state index is 9.44. The lowest BCUT2D eigenvalue weighted by atomic mass is 10.0. The molecule has 0 saturated heterocycles. The molecule has 0 atom stereocenters. The van der Waals surface area contributed by atoms with Crippen molar-refractivity contribution >= 4 is 5.78 Å². The molecule has 0 aliphatic carbocycles. The van der Waals surface area contributed by atoms with Gasteiger partial charge in [-0.3, -0.25) is 0 Å². The fourth-order valence-corrected chi connectivity index (χ4v) is 0. The number of carbonyl (C=O) groups excluding carboxylic acids is 1. The Balaban J connectivity index is -0.0000000318. The van der Waals surface area contributed by atoms with E-state index in [-0.39, 0.29) is 8.64 Å². The second-order valence-corrected chi connectivity index (χ2v) is 8.41. The molecule has 112 valence electrons. The van der Waals surface area contributed by atoms with Crippen LogP contribution in [0.5, 0.6) is 0 Å². The summed E-state index contributed by atoms with van der Waals surface area (Å²) in [5, 5.41) is 0. The van der Waals surface area contributed by atoms with E-state index in [1.807, 2.05) is 0 Å². The van der Waals surface area contributed by atoms with Crippen LogP contribution in [-0.2, 0) is 4.79 Å². The molecule has 0 radical (unpaired) electrons. The second kappa shape index (κ2) is 13.0. The first-order valence-corrected chi connectivity index (χ1v) is 6.70. The van der Waals surface area contributed by atoms with E-state index < -0.39 is 0 Å². The summed E-state index contributed by atoms with van der Waals surface area (Å²) in [7, 11) is 0. The zero-order valence-electron chi connectivity index (χ0n) is 17.4. The summed E-state index contributed by atoms with van der Waals surface area (Å²) >= 11 is 0. The van der Waals surface area contributed by atoms with E-state index in [2.05, 4.69) is 76.2 Å². The van der Waals surface area contributed by atoms with E-state index in [9.17, 15) is 4.79 Å². The monoisotopic (exact) mass is 261 g/mol. The minimum atomic E-state index is 0. The lowest BCUT2D eigenvalue weighted by Crippen LogP contribution is -1.93. The molecule has 1 heteroatoms. The molecule has 1 nitrogen and oxygen atoms in total. The van der Waals surface area contributed by atoms with Crippen LogP contribution in [0.1, 0.15) is 92.9 Å². The number of Topliss-reactive ketones (excluding diaryl/α,β-unsaturated/α-hetero) is 1. The summed E-state index contributed by atoms with van der Waals surface area (Å²) in [6, 6.07) is 0. The van der Waals surface area contributed by atoms with Crippen LogP contribution in [0.4, 0.5) is 0 Å². The lowest BCUT2D eigenvalue weighted by molar-refractivity contribution is -0.114. The molecule has 0 rings (SSSR count). The molecule has 0 saturated carbocycles. The quantitative estimate of drug-likeness (QED) is 0.452. The third kappa shape index (κ3) is 15500. The van der Waals surface area contributed by atoms with Crippen LogP contribution in [0.15, 0.2) is 0 Å². The van der Waals surface area contributed by atoms with Gasteiger partial charge in [0.15, 0.2) is 0 Å². The average Bonchev–Trinajstić information content (AvgIpc) is 1.70. The molecule has 0 N–H and O–H groups in total. The number of carbonyl (C=O) groups is 1. The highest BCUT2D eigenvalue weighted by atomic mass is 16.1. The lowest BCUT2D eigenvalue weighted by Gasteiger charge is -2.05. The van der Waals surface area contributed by atoms with Gasteiger partial charge >= 0.3 is 2.85 Å². The Morgan fingerprint density at radius 1 is 0.722 bits per heavy atom. The van der Waals surface area contributed by atoms with E-state index in [0.29, 0.717) is 10.8 Å². The van der Waals surface area contributed by atoms with Crippen molar-refractivity contribution in [2.45, 2.75) is 90.0 Å². The highest BCUT2D eigenvalue weighted by Gasteiger charge is 1.96. The second-order valence-electron chi connectivity index (χ2n) is 8.41. The first-order chi connectivity index (χ1) is 7.46. The van der Waals surface area contributed by atoms with Gasteiger partial charge in [-0.2, -0.15) is 0 Å². The molecule has 0 heterocycles. The van der Waals surface area contributed by atoms with Crippen molar-refractivity contribution in [1.29, 1.82) is 0 Å². The summed E-state index contributed by atoms with van der Waals surface area (Å²) in [5.74, 6) is 1.58. The Hall–Kier alpha value is -0.460. The van der Waals surface area contributed by atoms with Gasteiger partial charge < -0.3 is 4.79 Å². The van der Waals surface area contributed by atoms with E-state index in [4.69, 9.17) is 0 Å². The molecule has 0 bridgehead atoms. The molecular weight excluding hydrogens is 220 g/mol. The van der Waals surface area contributed by atoms with Crippen molar-refractivity contribution in [2.75, 3.05) is 0 Å². The van der Waals surface area contributed by atoms with Crippen LogP contribution in [0.25, 0.3) is 0 Å². The number of hydrogen-bond acceptors (Lipinski definition) is 1. The van der Waals surface area contributed by atoms with Crippen molar-refractivity contribution < 1.29 is 7.65 Å². The first-order valence-electron chi connectivity index (χ1n) is 6.70. The minimum absolute atomic E-state index is 0. The maximum Gasteiger partial charge on any atom is 1.00 e. The van der Waals surface area contributed by atoms with Crippen LogP contribution < -0.4 is 0 Å². The Bertz CT molecular complexity index is 144. The first kappa shape index (κ1) is 26.2. The largest absolute Gasteiger partial charge is 1.00 e. The summed E-state index contributed by atoms with van der Waals surface area (Å²) < 4.78 is 0. The molecule has 0 aromatic heterocycles. The fourth-order valence-electron chi connectivity index (χ4n) is 0. The molecule has 0 aliphatic heterocycles. The van der Waals surface area contributed by atoms with Crippen LogP contribution in [0.3, 0.4) is 0 Å².